The molecule has 5 heteroatoms. The van der Waals surface area contributed by atoms with Gasteiger partial charge in [-0.05, 0) is 63.1 Å². The van der Waals surface area contributed by atoms with Crippen molar-refractivity contribution in [1.29, 1.82) is 0 Å². The number of amides is 3. The number of carbonyl (C=O) groups excluding carboxylic acids is 2. The molecule has 5 nitrogen and oxygen atoms in total. The fourth-order valence-corrected chi connectivity index (χ4v) is 3.14. The van der Waals surface area contributed by atoms with E-state index in [1.165, 1.54) is 5.56 Å². The zero-order valence-corrected chi connectivity index (χ0v) is 14.7. The van der Waals surface area contributed by atoms with Gasteiger partial charge >= 0.3 is 6.03 Å². The van der Waals surface area contributed by atoms with E-state index < -0.39 is 0 Å². The Hall–Kier alpha value is -2.82. The topological polar surface area (TPSA) is 61.4 Å². The third-order valence-corrected chi connectivity index (χ3v) is 4.24. The van der Waals surface area contributed by atoms with Crippen molar-refractivity contribution in [3.8, 4) is 0 Å². The zero-order valence-electron chi connectivity index (χ0n) is 14.7. The molecule has 0 aromatic heterocycles. The van der Waals surface area contributed by atoms with E-state index in [1.807, 2.05) is 36.9 Å². The zero-order chi connectivity index (χ0) is 18.0. The number of rotatable bonds is 3. The molecule has 0 fully saturated rings. The maximum absolute atomic E-state index is 12.9. The Morgan fingerprint density at radius 1 is 1.08 bits per heavy atom. The molecule has 0 saturated heterocycles. The van der Waals surface area contributed by atoms with E-state index in [2.05, 4.69) is 23.6 Å². The molecule has 0 aliphatic carbocycles. The molecule has 1 unspecified atom stereocenters. The Morgan fingerprint density at radius 3 is 2.44 bits per heavy atom. The Balaban J connectivity index is 1.74. The lowest BCUT2D eigenvalue weighted by Crippen LogP contribution is -2.35. The minimum absolute atomic E-state index is 0.0179. The predicted octanol–water partition coefficient (Wildman–Crippen LogP) is 3.81. The number of fused-ring (bicyclic) bond motifs is 1. The molecule has 0 radical (unpaired) electrons. The smallest absolute Gasteiger partial charge is 0.319 e. The molecule has 1 aliphatic rings. The Kier molecular flexibility index (Phi) is 4.74. The molecule has 0 bridgehead atoms. The number of urea groups is 1. The lowest BCUT2D eigenvalue weighted by Gasteiger charge is -2.23. The third-order valence-electron chi connectivity index (χ3n) is 4.24. The second-order valence-corrected chi connectivity index (χ2v) is 6.69. The van der Waals surface area contributed by atoms with Crippen molar-refractivity contribution in [1.82, 2.24) is 5.32 Å². The highest BCUT2D eigenvalue weighted by molar-refractivity contribution is 6.08. The Labute approximate surface area is 148 Å². The van der Waals surface area contributed by atoms with E-state index in [0.717, 1.165) is 12.1 Å². The molecule has 2 aromatic rings. The van der Waals surface area contributed by atoms with E-state index in [9.17, 15) is 9.59 Å². The van der Waals surface area contributed by atoms with Gasteiger partial charge in [-0.25, -0.2) is 4.79 Å². The lowest BCUT2D eigenvalue weighted by atomic mass is 10.1. The standard InChI is InChI=1S/C20H23N3O2/c1-13(2)21-20(25)22-17-10-8-15(9-11-17)19(24)23-14(3)12-16-6-4-5-7-18(16)23/h4-11,13-14H,12H2,1-3H3,(H2,21,22,25). The summed E-state index contributed by atoms with van der Waals surface area (Å²) in [6.45, 7) is 5.86. The average Bonchev–Trinajstić information content (AvgIpc) is 2.89. The molecular formula is C20H23N3O2. The second-order valence-electron chi connectivity index (χ2n) is 6.69. The summed E-state index contributed by atoms with van der Waals surface area (Å²) < 4.78 is 0. The van der Waals surface area contributed by atoms with Crippen LogP contribution in [0.5, 0.6) is 0 Å². The van der Waals surface area contributed by atoms with Crippen LogP contribution in [0.3, 0.4) is 0 Å². The first kappa shape index (κ1) is 17.0. The van der Waals surface area contributed by atoms with Gasteiger partial charge in [-0.2, -0.15) is 0 Å². The van der Waals surface area contributed by atoms with Crippen LogP contribution in [0.25, 0.3) is 0 Å². The predicted molar refractivity (Wildman–Crippen MR) is 100 cm³/mol. The normalized spacial score (nSPS) is 15.8. The minimum atomic E-state index is -0.254. The van der Waals surface area contributed by atoms with Crippen LogP contribution in [0.1, 0.15) is 36.7 Å². The molecule has 0 saturated carbocycles. The van der Waals surface area contributed by atoms with Crippen LogP contribution in [0.4, 0.5) is 16.2 Å². The monoisotopic (exact) mass is 337 g/mol. The molecule has 2 N–H and O–H groups in total. The molecule has 130 valence electrons. The van der Waals surface area contributed by atoms with Crippen LogP contribution in [0.2, 0.25) is 0 Å². The number of hydrogen-bond donors (Lipinski definition) is 2. The highest BCUT2D eigenvalue weighted by Crippen LogP contribution is 2.33. The van der Waals surface area contributed by atoms with E-state index in [4.69, 9.17) is 0 Å². The van der Waals surface area contributed by atoms with Gasteiger partial charge in [0.2, 0.25) is 0 Å². The SMILES string of the molecule is CC(C)NC(=O)Nc1ccc(C(=O)N2c3ccccc3CC2C)cc1. The molecular weight excluding hydrogens is 314 g/mol. The summed E-state index contributed by atoms with van der Waals surface area (Å²) in [5.41, 5.74) is 3.45. The maximum atomic E-state index is 12.9. The first-order valence-corrected chi connectivity index (χ1v) is 8.54. The largest absolute Gasteiger partial charge is 0.336 e. The first-order chi connectivity index (χ1) is 12.0. The van der Waals surface area contributed by atoms with Gasteiger partial charge in [-0.1, -0.05) is 18.2 Å². The Morgan fingerprint density at radius 2 is 1.76 bits per heavy atom. The van der Waals surface area contributed by atoms with Gasteiger partial charge in [-0.15, -0.1) is 0 Å². The third kappa shape index (κ3) is 3.65. The number of nitrogens with one attached hydrogen (secondary N) is 2. The van der Waals surface area contributed by atoms with Crippen LogP contribution < -0.4 is 15.5 Å². The van der Waals surface area contributed by atoms with Gasteiger partial charge in [0.05, 0.1) is 0 Å². The van der Waals surface area contributed by atoms with E-state index in [-0.39, 0.29) is 24.0 Å². The fourth-order valence-electron chi connectivity index (χ4n) is 3.14. The van der Waals surface area contributed by atoms with Crippen LogP contribution in [-0.2, 0) is 6.42 Å². The second kappa shape index (κ2) is 6.97. The molecule has 1 atom stereocenters. The summed E-state index contributed by atoms with van der Waals surface area (Å²) in [4.78, 5) is 26.5. The van der Waals surface area contributed by atoms with Gasteiger partial charge in [-0.3, -0.25) is 4.79 Å². The summed E-state index contributed by atoms with van der Waals surface area (Å²) in [7, 11) is 0. The van der Waals surface area contributed by atoms with Crippen LogP contribution >= 0.6 is 0 Å². The van der Waals surface area contributed by atoms with Crippen molar-refractivity contribution >= 4 is 23.3 Å². The van der Waals surface area contributed by atoms with Gasteiger partial charge < -0.3 is 15.5 Å². The van der Waals surface area contributed by atoms with Crippen molar-refractivity contribution in [3.05, 3.63) is 59.7 Å². The van der Waals surface area contributed by atoms with Gasteiger partial charge in [0.15, 0.2) is 0 Å². The Bertz CT molecular complexity index is 784. The fraction of sp³-hybridized carbons (Fsp3) is 0.300. The van der Waals surface area contributed by atoms with Crippen LogP contribution in [0, 0.1) is 0 Å². The molecule has 2 aromatic carbocycles. The van der Waals surface area contributed by atoms with E-state index in [0.29, 0.717) is 11.3 Å². The molecule has 25 heavy (non-hydrogen) atoms. The maximum Gasteiger partial charge on any atom is 0.319 e. The highest BCUT2D eigenvalue weighted by atomic mass is 16.2. The summed E-state index contributed by atoms with van der Waals surface area (Å²) >= 11 is 0. The number of carbonyl (C=O) groups is 2. The van der Waals surface area contributed by atoms with Gasteiger partial charge in [0.25, 0.3) is 5.91 Å². The van der Waals surface area contributed by atoms with Crippen molar-refractivity contribution in [2.45, 2.75) is 39.3 Å². The van der Waals surface area contributed by atoms with Gasteiger partial charge in [0.1, 0.15) is 0 Å². The van der Waals surface area contributed by atoms with Crippen LogP contribution in [0.15, 0.2) is 48.5 Å². The molecule has 0 spiro atoms. The van der Waals surface area contributed by atoms with E-state index >= 15 is 0 Å². The molecule has 3 amide bonds. The first-order valence-electron chi connectivity index (χ1n) is 8.54. The van der Waals surface area contributed by atoms with Crippen LogP contribution in [-0.4, -0.2) is 24.0 Å². The van der Waals surface area contributed by atoms with E-state index in [1.54, 1.807) is 24.3 Å². The minimum Gasteiger partial charge on any atom is -0.336 e. The number of para-hydroxylation sites is 1. The number of benzene rings is 2. The summed E-state index contributed by atoms with van der Waals surface area (Å²) in [6, 6.07) is 15.0. The number of nitrogens with zero attached hydrogens (tertiary/aromatic N) is 1. The number of anilines is 2. The summed E-state index contributed by atoms with van der Waals surface area (Å²) in [5, 5.41) is 5.52. The highest BCUT2D eigenvalue weighted by Gasteiger charge is 2.31. The number of hydrogen-bond acceptors (Lipinski definition) is 2. The summed E-state index contributed by atoms with van der Waals surface area (Å²) in [6.07, 6.45) is 0.872. The van der Waals surface area contributed by atoms with Crippen molar-refractivity contribution in [3.63, 3.8) is 0 Å². The molecule has 1 aliphatic heterocycles. The molecule has 3 rings (SSSR count). The summed E-state index contributed by atoms with van der Waals surface area (Å²) in [5.74, 6) is -0.0179. The van der Waals surface area contributed by atoms with Crippen molar-refractivity contribution in [2.24, 2.45) is 0 Å². The average molecular weight is 337 g/mol. The van der Waals surface area contributed by atoms with Crippen molar-refractivity contribution in [2.75, 3.05) is 10.2 Å². The molecule has 1 heterocycles. The van der Waals surface area contributed by atoms with Crippen molar-refractivity contribution < 1.29 is 9.59 Å². The quantitative estimate of drug-likeness (QED) is 0.895. The lowest BCUT2D eigenvalue weighted by molar-refractivity contribution is 0.0981. The van der Waals surface area contributed by atoms with Gasteiger partial charge in [0, 0.05) is 29.0 Å².